The number of fused-ring (bicyclic) bond motifs is 7. The third-order valence-corrected chi connectivity index (χ3v) is 6.89. The minimum Gasteiger partial charge on any atom is -0.507 e. The second-order valence-corrected chi connectivity index (χ2v) is 8.71. The van der Waals surface area contributed by atoms with E-state index in [1.54, 1.807) is 0 Å². The molecule has 2 atom stereocenters. The van der Waals surface area contributed by atoms with E-state index in [9.17, 15) is 9.90 Å². The summed E-state index contributed by atoms with van der Waals surface area (Å²) in [6.07, 6.45) is 3.23. The minimum absolute atomic E-state index is 0.348. The van der Waals surface area contributed by atoms with E-state index in [2.05, 4.69) is 0 Å². The number of hydrogen-bond donors (Lipinski definition) is 1. The summed E-state index contributed by atoms with van der Waals surface area (Å²) in [6, 6.07) is 19.6. The van der Waals surface area contributed by atoms with Gasteiger partial charge in [-0.15, -0.1) is 0 Å². The Morgan fingerprint density at radius 1 is 0.900 bits per heavy atom. The average Bonchev–Trinajstić information content (AvgIpc) is 3.38. The average molecular weight is 394 g/mol. The van der Waals surface area contributed by atoms with Crippen LogP contribution in [0, 0.1) is 6.92 Å². The van der Waals surface area contributed by atoms with Gasteiger partial charge in [0.05, 0.1) is 5.56 Å². The Hall–Kier alpha value is -3.33. The molecule has 1 fully saturated rings. The predicted octanol–water partition coefficient (Wildman–Crippen LogP) is 6.59. The van der Waals surface area contributed by atoms with Gasteiger partial charge in [-0.05, 0) is 67.0 Å². The van der Waals surface area contributed by atoms with Gasteiger partial charge in [0.1, 0.15) is 11.5 Å². The molecule has 3 nitrogen and oxygen atoms in total. The highest BCUT2D eigenvalue weighted by molar-refractivity contribution is 6.02. The van der Waals surface area contributed by atoms with E-state index in [0.717, 1.165) is 57.5 Å². The summed E-state index contributed by atoms with van der Waals surface area (Å²) in [5.74, 6) is 1.40. The summed E-state index contributed by atoms with van der Waals surface area (Å²) in [5, 5.41) is 14.7. The van der Waals surface area contributed by atoms with Gasteiger partial charge in [0, 0.05) is 21.9 Å². The molecule has 2 bridgehead atoms. The molecule has 0 aromatic heterocycles. The lowest BCUT2D eigenvalue weighted by Crippen LogP contribution is -2.12. The molecule has 148 valence electrons. The molecule has 0 saturated heterocycles. The monoisotopic (exact) mass is 394 g/mol. The van der Waals surface area contributed by atoms with Crippen molar-refractivity contribution in [2.75, 3.05) is 0 Å². The molecule has 4 aromatic carbocycles. The number of esters is 1. The molecule has 6 rings (SSSR count). The Balaban J connectivity index is 1.52. The number of phenolic OH excluding ortho intramolecular Hbond substituents is 1. The molecule has 3 heteroatoms. The fraction of sp³-hybridized carbons (Fsp3) is 0.222. The van der Waals surface area contributed by atoms with Gasteiger partial charge in [-0.25, -0.2) is 4.79 Å². The van der Waals surface area contributed by atoms with Gasteiger partial charge in [-0.2, -0.15) is 0 Å². The van der Waals surface area contributed by atoms with Gasteiger partial charge in [0.25, 0.3) is 0 Å². The summed E-state index contributed by atoms with van der Waals surface area (Å²) in [4.78, 5) is 13.2. The largest absolute Gasteiger partial charge is 0.507 e. The number of aromatic hydroxyl groups is 1. The lowest BCUT2D eigenvalue weighted by Gasteiger charge is -2.22. The van der Waals surface area contributed by atoms with Gasteiger partial charge in [-0.1, -0.05) is 48.0 Å². The maximum Gasteiger partial charge on any atom is 0.343 e. The van der Waals surface area contributed by atoms with E-state index in [-0.39, 0.29) is 5.97 Å². The van der Waals surface area contributed by atoms with Gasteiger partial charge < -0.3 is 9.84 Å². The fourth-order valence-electron chi connectivity index (χ4n) is 5.49. The molecule has 0 heterocycles. The van der Waals surface area contributed by atoms with E-state index in [1.165, 1.54) is 0 Å². The molecule has 0 spiro atoms. The molecule has 0 aliphatic heterocycles. The molecule has 2 unspecified atom stereocenters. The Morgan fingerprint density at radius 3 is 2.50 bits per heavy atom. The third-order valence-electron chi connectivity index (χ3n) is 6.89. The normalized spacial score (nSPS) is 19.4. The summed E-state index contributed by atoms with van der Waals surface area (Å²) < 4.78 is 6.12. The van der Waals surface area contributed by atoms with Crippen LogP contribution in [0.5, 0.6) is 11.5 Å². The van der Waals surface area contributed by atoms with Crippen molar-refractivity contribution in [1.29, 1.82) is 0 Å². The zero-order valence-electron chi connectivity index (χ0n) is 16.8. The molecule has 2 aliphatic carbocycles. The number of phenols is 1. The van der Waals surface area contributed by atoms with Gasteiger partial charge >= 0.3 is 5.97 Å². The second kappa shape index (κ2) is 6.33. The first-order chi connectivity index (χ1) is 14.6. The van der Waals surface area contributed by atoms with Crippen LogP contribution in [0.4, 0.5) is 0 Å². The van der Waals surface area contributed by atoms with Gasteiger partial charge in [-0.3, -0.25) is 0 Å². The van der Waals surface area contributed by atoms with Crippen molar-refractivity contribution in [1.82, 2.24) is 0 Å². The van der Waals surface area contributed by atoms with Crippen molar-refractivity contribution in [2.45, 2.75) is 38.0 Å². The first-order valence-electron chi connectivity index (χ1n) is 10.6. The number of benzene rings is 4. The van der Waals surface area contributed by atoms with Crippen molar-refractivity contribution < 1.29 is 14.6 Å². The van der Waals surface area contributed by atoms with Crippen LogP contribution >= 0.6 is 0 Å². The van der Waals surface area contributed by atoms with Gasteiger partial charge in [0.2, 0.25) is 0 Å². The van der Waals surface area contributed by atoms with Crippen LogP contribution in [-0.4, -0.2) is 11.1 Å². The summed E-state index contributed by atoms with van der Waals surface area (Å²) >= 11 is 0. The summed E-state index contributed by atoms with van der Waals surface area (Å²) in [5.41, 5.74) is 3.67. The van der Waals surface area contributed by atoms with E-state index in [0.29, 0.717) is 28.9 Å². The van der Waals surface area contributed by atoms with Crippen molar-refractivity contribution in [3.8, 4) is 11.5 Å². The van der Waals surface area contributed by atoms with Crippen LogP contribution in [-0.2, 0) is 0 Å². The van der Waals surface area contributed by atoms with Gasteiger partial charge in [0.15, 0.2) is 0 Å². The zero-order valence-corrected chi connectivity index (χ0v) is 16.8. The molecule has 2 aliphatic rings. The Bertz CT molecular complexity index is 1350. The summed E-state index contributed by atoms with van der Waals surface area (Å²) in [6.45, 7) is 2.02. The lowest BCUT2D eigenvalue weighted by atomic mass is 9.87. The number of carbonyl (C=O) groups is 1. The highest BCUT2D eigenvalue weighted by Crippen LogP contribution is 2.60. The number of hydrogen-bond acceptors (Lipinski definition) is 3. The molecule has 1 N–H and O–H groups in total. The lowest BCUT2D eigenvalue weighted by molar-refractivity contribution is 0.0735. The Labute approximate surface area is 174 Å². The molecule has 4 aromatic rings. The highest BCUT2D eigenvalue weighted by atomic mass is 16.5. The molecule has 30 heavy (non-hydrogen) atoms. The number of rotatable bonds is 2. The number of aryl methyl sites for hydroxylation is 1. The van der Waals surface area contributed by atoms with E-state index < -0.39 is 0 Å². The van der Waals surface area contributed by atoms with E-state index >= 15 is 0 Å². The van der Waals surface area contributed by atoms with Crippen molar-refractivity contribution in [3.63, 3.8) is 0 Å². The maximum absolute atomic E-state index is 13.2. The van der Waals surface area contributed by atoms with Crippen LogP contribution in [0.15, 0.2) is 60.7 Å². The number of carbonyl (C=O) groups excluding carboxylic acids is 1. The second-order valence-electron chi connectivity index (χ2n) is 8.71. The molecular formula is C27H22O3. The zero-order chi connectivity index (χ0) is 20.4. The van der Waals surface area contributed by atoms with E-state index in [4.69, 9.17) is 4.74 Å². The predicted molar refractivity (Wildman–Crippen MR) is 119 cm³/mol. The van der Waals surface area contributed by atoms with Crippen molar-refractivity contribution in [2.24, 2.45) is 0 Å². The van der Waals surface area contributed by atoms with Crippen molar-refractivity contribution >= 4 is 27.5 Å². The van der Waals surface area contributed by atoms with Crippen LogP contribution in [0.3, 0.4) is 0 Å². The minimum atomic E-state index is -0.348. The highest BCUT2D eigenvalue weighted by Gasteiger charge is 2.42. The van der Waals surface area contributed by atoms with Crippen LogP contribution in [0.25, 0.3) is 21.5 Å². The SMILES string of the molecule is Cc1ccc2c(O)c3c(c(OC(=O)c4ccc5ccccc5c4)c2c1)C1CCC3C1. The molecular weight excluding hydrogens is 372 g/mol. The standard InChI is InChI=1S/C27H22O3/c1-15-6-11-21-22(12-15)26(24-19-9-8-18(14-19)23(24)25(21)28)30-27(29)20-10-7-16-4-2-3-5-17(16)13-20/h2-7,10-13,18-19,28H,8-9,14H2,1H3. The fourth-order valence-corrected chi connectivity index (χ4v) is 5.49. The quantitative estimate of drug-likeness (QED) is 0.308. The molecule has 0 amide bonds. The topological polar surface area (TPSA) is 46.5 Å². The summed E-state index contributed by atoms with van der Waals surface area (Å²) in [7, 11) is 0. The molecule has 0 radical (unpaired) electrons. The molecule has 1 saturated carbocycles. The van der Waals surface area contributed by atoms with Crippen molar-refractivity contribution in [3.05, 3.63) is 82.9 Å². The van der Waals surface area contributed by atoms with Crippen LogP contribution in [0.2, 0.25) is 0 Å². The first kappa shape index (κ1) is 17.5. The maximum atomic E-state index is 13.2. The van der Waals surface area contributed by atoms with Crippen LogP contribution in [0.1, 0.15) is 58.1 Å². The Morgan fingerprint density at radius 2 is 1.67 bits per heavy atom. The van der Waals surface area contributed by atoms with Crippen LogP contribution < -0.4 is 4.74 Å². The van der Waals surface area contributed by atoms with E-state index in [1.807, 2.05) is 67.6 Å². The Kier molecular flexibility index (Phi) is 3.70. The first-order valence-corrected chi connectivity index (χ1v) is 10.6. The third kappa shape index (κ3) is 2.48. The number of ether oxygens (including phenoxy) is 1. The smallest absolute Gasteiger partial charge is 0.343 e.